The van der Waals surface area contributed by atoms with Gasteiger partial charge in [0.05, 0.1) is 11.9 Å². The number of nitrogens with zero attached hydrogens (tertiary/aromatic N) is 1. The molecule has 164 valence electrons. The van der Waals surface area contributed by atoms with Crippen LogP contribution in [0.15, 0.2) is 54.6 Å². The largest absolute Gasteiger partial charge is 0.393 e. The number of nitrogens with one attached hydrogen (secondary N) is 1. The summed E-state index contributed by atoms with van der Waals surface area (Å²) in [6.45, 7) is 4.96. The van der Waals surface area contributed by atoms with Crippen molar-refractivity contribution in [3.63, 3.8) is 0 Å². The Bertz CT molecular complexity index is 874. The lowest BCUT2D eigenvalue weighted by Gasteiger charge is -2.27. The van der Waals surface area contributed by atoms with Crippen LogP contribution in [0.2, 0.25) is 0 Å². The highest BCUT2D eigenvalue weighted by Crippen LogP contribution is 2.23. The predicted molar refractivity (Wildman–Crippen MR) is 123 cm³/mol. The highest BCUT2D eigenvalue weighted by atomic mass is 32.2. The van der Waals surface area contributed by atoms with Crippen LogP contribution in [0, 0.1) is 5.92 Å². The molecule has 0 aliphatic heterocycles. The van der Waals surface area contributed by atoms with Gasteiger partial charge in [-0.1, -0.05) is 56.3 Å². The molecular formula is C24H34N2O3S. The van der Waals surface area contributed by atoms with Crippen LogP contribution >= 0.6 is 0 Å². The molecule has 0 saturated heterocycles. The Morgan fingerprint density at radius 3 is 2.20 bits per heavy atom. The van der Waals surface area contributed by atoms with Crippen molar-refractivity contribution in [3.05, 3.63) is 65.7 Å². The summed E-state index contributed by atoms with van der Waals surface area (Å²) in [6.07, 6.45) is 3.49. The molecule has 1 aliphatic rings. The molecular weight excluding hydrogens is 396 g/mol. The first-order valence-corrected chi connectivity index (χ1v) is 12.5. The van der Waals surface area contributed by atoms with Crippen molar-refractivity contribution in [1.82, 2.24) is 4.31 Å². The second-order valence-corrected chi connectivity index (χ2v) is 10.7. The number of aliphatic hydroxyl groups is 1. The van der Waals surface area contributed by atoms with Gasteiger partial charge in [0, 0.05) is 24.8 Å². The van der Waals surface area contributed by atoms with Gasteiger partial charge in [0.1, 0.15) is 0 Å². The summed E-state index contributed by atoms with van der Waals surface area (Å²) in [7, 11) is -3.41. The molecule has 1 saturated carbocycles. The summed E-state index contributed by atoms with van der Waals surface area (Å²) < 4.78 is 27.8. The van der Waals surface area contributed by atoms with E-state index in [0.29, 0.717) is 19.1 Å². The lowest BCUT2D eigenvalue weighted by molar-refractivity contribution is 0.126. The zero-order valence-corrected chi connectivity index (χ0v) is 18.8. The van der Waals surface area contributed by atoms with E-state index >= 15 is 0 Å². The maximum Gasteiger partial charge on any atom is 0.218 e. The van der Waals surface area contributed by atoms with E-state index in [1.165, 1.54) is 0 Å². The second-order valence-electron chi connectivity index (χ2n) is 8.77. The summed E-state index contributed by atoms with van der Waals surface area (Å²) >= 11 is 0. The molecule has 0 radical (unpaired) electrons. The zero-order chi connectivity index (χ0) is 21.6. The Kier molecular flexibility index (Phi) is 7.92. The van der Waals surface area contributed by atoms with E-state index in [-0.39, 0.29) is 17.8 Å². The van der Waals surface area contributed by atoms with Crippen molar-refractivity contribution in [2.75, 3.05) is 11.9 Å². The van der Waals surface area contributed by atoms with Crippen LogP contribution in [0.5, 0.6) is 0 Å². The minimum atomic E-state index is -3.41. The van der Waals surface area contributed by atoms with Gasteiger partial charge in [-0.2, -0.15) is 4.31 Å². The molecule has 6 heteroatoms. The lowest BCUT2D eigenvalue weighted by Crippen LogP contribution is -2.34. The fourth-order valence-electron chi connectivity index (χ4n) is 3.93. The smallest absolute Gasteiger partial charge is 0.218 e. The fourth-order valence-corrected chi connectivity index (χ4v) is 5.59. The van der Waals surface area contributed by atoms with Crippen molar-refractivity contribution < 1.29 is 13.5 Å². The Balaban J connectivity index is 1.65. The zero-order valence-electron chi connectivity index (χ0n) is 18.0. The van der Waals surface area contributed by atoms with Crippen LogP contribution in [0.1, 0.15) is 50.7 Å². The highest BCUT2D eigenvalue weighted by Gasteiger charge is 2.24. The number of rotatable bonds is 9. The summed E-state index contributed by atoms with van der Waals surface area (Å²) in [5, 5.41) is 13.2. The number of aliphatic hydroxyl groups excluding tert-OH is 1. The maximum atomic E-state index is 13.1. The van der Waals surface area contributed by atoms with Gasteiger partial charge in [0.15, 0.2) is 0 Å². The van der Waals surface area contributed by atoms with E-state index in [9.17, 15) is 13.5 Å². The second kappa shape index (κ2) is 10.4. The summed E-state index contributed by atoms with van der Waals surface area (Å²) in [6, 6.07) is 17.8. The van der Waals surface area contributed by atoms with Crippen LogP contribution < -0.4 is 5.32 Å². The van der Waals surface area contributed by atoms with Crippen molar-refractivity contribution in [2.45, 2.75) is 64.0 Å². The van der Waals surface area contributed by atoms with Gasteiger partial charge in [-0.3, -0.25) is 0 Å². The number of hydrogen-bond acceptors (Lipinski definition) is 4. The first-order valence-electron chi connectivity index (χ1n) is 10.9. The maximum absolute atomic E-state index is 13.1. The Labute approximate surface area is 181 Å². The Morgan fingerprint density at radius 2 is 1.60 bits per heavy atom. The van der Waals surface area contributed by atoms with Gasteiger partial charge < -0.3 is 10.4 Å². The Morgan fingerprint density at radius 1 is 0.967 bits per heavy atom. The summed E-state index contributed by atoms with van der Waals surface area (Å²) in [5.41, 5.74) is 2.84. The van der Waals surface area contributed by atoms with Crippen LogP contribution in [-0.2, 0) is 22.3 Å². The average molecular weight is 431 g/mol. The molecule has 0 amide bonds. The van der Waals surface area contributed by atoms with Gasteiger partial charge in [-0.15, -0.1) is 0 Å². The van der Waals surface area contributed by atoms with Crippen molar-refractivity contribution in [2.24, 2.45) is 5.92 Å². The van der Waals surface area contributed by atoms with Gasteiger partial charge in [-0.25, -0.2) is 8.42 Å². The molecule has 1 fully saturated rings. The van der Waals surface area contributed by atoms with Crippen molar-refractivity contribution >= 4 is 15.7 Å². The molecule has 5 nitrogen and oxygen atoms in total. The lowest BCUT2D eigenvalue weighted by atomic mass is 9.93. The summed E-state index contributed by atoms with van der Waals surface area (Å²) in [4.78, 5) is 0. The molecule has 30 heavy (non-hydrogen) atoms. The van der Waals surface area contributed by atoms with Crippen molar-refractivity contribution in [1.29, 1.82) is 0 Å². The molecule has 0 spiro atoms. The summed E-state index contributed by atoms with van der Waals surface area (Å²) in [5.74, 6) is 0.270. The first kappa shape index (κ1) is 22.8. The number of sulfonamides is 1. The number of benzene rings is 2. The van der Waals surface area contributed by atoms with Gasteiger partial charge in [-0.05, 0) is 54.9 Å². The van der Waals surface area contributed by atoms with E-state index in [4.69, 9.17) is 0 Å². The fraction of sp³-hybridized carbons (Fsp3) is 0.500. The standard InChI is InChI=1S/C24H34N2O3S/c1-19(2)16-26(30(28,29)18-21-6-4-3-5-7-21)17-20-8-10-22(11-9-20)25-23-12-14-24(27)15-13-23/h3-11,19,23-25,27H,12-18H2,1-2H3/t23-,24+. The van der Waals surface area contributed by atoms with E-state index < -0.39 is 10.0 Å². The van der Waals surface area contributed by atoms with E-state index in [2.05, 4.69) is 5.32 Å². The van der Waals surface area contributed by atoms with Gasteiger partial charge in [0.2, 0.25) is 10.0 Å². The minimum absolute atomic E-state index is 0.0216. The van der Waals surface area contributed by atoms with E-state index in [1.54, 1.807) is 4.31 Å². The van der Waals surface area contributed by atoms with Crippen LogP contribution in [0.4, 0.5) is 5.69 Å². The van der Waals surface area contributed by atoms with E-state index in [0.717, 1.165) is 42.5 Å². The Hall–Kier alpha value is -1.89. The molecule has 0 atom stereocenters. The average Bonchev–Trinajstić information content (AvgIpc) is 2.71. The van der Waals surface area contributed by atoms with Crippen LogP contribution in [0.3, 0.4) is 0 Å². The quantitative estimate of drug-likeness (QED) is 0.619. The van der Waals surface area contributed by atoms with Gasteiger partial charge in [0.25, 0.3) is 0 Å². The molecule has 1 aliphatic carbocycles. The topological polar surface area (TPSA) is 69.6 Å². The van der Waals surface area contributed by atoms with E-state index in [1.807, 2.05) is 68.4 Å². The molecule has 0 heterocycles. The molecule has 0 bridgehead atoms. The minimum Gasteiger partial charge on any atom is -0.393 e. The molecule has 2 aromatic rings. The molecule has 0 unspecified atom stereocenters. The molecule has 2 N–H and O–H groups in total. The normalized spacial score (nSPS) is 19.9. The highest BCUT2D eigenvalue weighted by molar-refractivity contribution is 7.88. The number of anilines is 1. The van der Waals surface area contributed by atoms with Crippen LogP contribution in [-0.4, -0.2) is 36.5 Å². The first-order chi connectivity index (χ1) is 14.3. The molecule has 2 aromatic carbocycles. The SMILES string of the molecule is CC(C)CN(Cc1ccc(N[C@H]2CC[C@@H](O)CC2)cc1)S(=O)(=O)Cc1ccccc1. The monoisotopic (exact) mass is 430 g/mol. The molecule has 0 aromatic heterocycles. The third kappa shape index (κ3) is 6.83. The third-order valence-electron chi connectivity index (χ3n) is 5.53. The molecule has 3 rings (SSSR count). The van der Waals surface area contributed by atoms with Gasteiger partial charge >= 0.3 is 0 Å². The van der Waals surface area contributed by atoms with Crippen molar-refractivity contribution in [3.8, 4) is 0 Å². The predicted octanol–water partition coefficient (Wildman–Crippen LogP) is 4.39. The number of hydrogen-bond donors (Lipinski definition) is 2. The third-order valence-corrected chi connectivity index (χ3v) is 7.30. The van der Waals surface area contributed by atoms with Crippen LogP contribution in [0.25, 0.3) is 0 Å².